The predicted octanol–water partition coefficient (Wildman–Crippen LogP) is 3.46. The Kier molecular flexibility index (Phi) is 5.05. The Morgan fingerprint density at radius 3 is 3.00 bits per heavy atom. The first-order valence-electron chi connectivity index (χ1n) is 6.09. The SMILES string of the molecule is CCn1cc(CC(=O)CSc2cccc(Cl)c2)cn1. The zero-order valence-electron chi connectivity index (χ0n) is 10.7. The van der Waals surface area contributed by atoms with Crippen molar-refractivity contribution < 1.29 is 4.79 Å². The number of rotatable bonds is 6. The standard InChI is InChI=1S/C14H15ClN2OS/c1-2-17-9-11(8-16-17)6-13(18)10-19-14-5-3-4-12(15)7-14/h3-5,7-9H,2,6,10H2,1H3. The molecule has 1 aromatic heterocycles. The number of hydrogen-bond acceptors (Lipinski definition) is 3. The predicted molar refractivity (Wildman–Crippen MR) is 78.8 cm³/mol. The Morgan fingerprint density at radius 1 is 1.47 bits per heavy atom. The lowest BCUT2D eigenvalue weighted by Gasteiger charge is -2.01. The van der Waals surface area contributed by atoms with Gasteiger partial charge in [0.05, 0.1) is 11.9 Å². The summed E-state index contributed by atoms with van der Waals surface area (Å²) in [6.45, 7) is 2.85. The molecule has 0 aliphatic carbocycles. The summed E-state index contributed by atoms with van der Waals surface area (Å²) in [5.74, 6) is 0.651. The van der Waals surface area contributed by atoms with Crippen molar-refractivity contribution in [3.05, 3.63) is 47.2 Å². The molecule has 2 aromatic rings. The minimum atomic E-state index is 0.195. The van der Waals surface area contributed by atoms with Gasteiger partial charge >= 0.3 is 0 Å². The zero-order chi connectivity index (χ0) is 13.7. The van der Waals surface area contributed by atoms with Crippen molar-refractivity contribution in [3.8, 4) is 0 Å². The minimum Gasteiger partial charge on any atom is -0.298 e. The maximum absolute atomic E-state index is 11.9. The van der Waals surface area contributed by atoms with E-state index in [1.807, 2.05) is 42.1 Å². The molecule has 0 spiro atoms. The summed E-state index contributed by atoms with van der Waals surface area (Å²) in [7, 11) is 0. The molecule has 1 aromatic carbocycles. The van der Waals surface area contributed by atoms with Gasteiger partial charge in [0.1, 0.15) is 5.78 Å². The monoisotopic (exact) mass is 294 g/mol. The first-order valence-corrected chi connectivity index (χ1v) is 7.45. The van der Waals surface area contributed by atoms with Gasteiger partial charge in [0, 0.05) is 29.1 Å². The van der Waals surface area contributed by atoms with Crippen LogP contribution in [0.25, 0.3) is 0 Å². The molecule has 0 atom stereocenters. The van der Waals surface area contributed by atoms with Gasteiger partial charge in [-0.2, -0.15) is 5.10 Å². The van der Waals surface area contributed by atoms with Crippen molar-refractivity contribution in [1.82, 2.24) is 9.78 Å². The third kappa shape index (κ3) is 4.40. The van der Waals surface area contributed by atoms with E-state index in [-0.39, 0.29) is 5.78 Å². The molecular formula is C14H15ClN2OS. The van der Waals surface area contributed by atoms with E-state index in [1.165, 1.54) is 11.8 Å². The van der Waals surface area contributed by atoms with Gasteiger partial charge in [-0.05, 0) is 30.7 Å². The summed E-state index contributed by atoms with van der Waals surface area (Å²) in [5, 5.41) is 4.85. The van der Waals surface area contributed by atoms with Gasteiger partial charge < -0.3 is 0 Å². The van der Waals surface area contributed by atoms with Gasteiger partial charge in [0.25, 0.3) is 0 Å². The Morgan fingerprint density at radius 2 is 2.32 bits per heavy atom. The van der Waals surface area contributed by atoms with Crippen molar-refractivity contribution in [2.45, 2.75) is 24.8 Å². The van der Waals surface area contributed by atoms with Crippen molar-refractivity contribution in [2.75, 3.05) is 5.75 Å². The number of halogens is 1. The van der Waals surface area contributed by atoms with Gasteiger partial charge in [-0.15, -0.1) is 11.8 Å². The normalized spacial score (nSPS) is 10.6. The van der Waals surface area contributed by atoms with Crippen LogP contribution in [-0.4, -0.2) is 21.3 Å². The zero-order valence-corrected chi connectivity index (χ0v) is 12.2. The molecule has 0 bridgehead atoms. The first-order chi connectivity index (χ1) is 9.17. The van der Waals surface area contributed by atoms with Gasteiger partial charge in [0.2, 0.25) is 0 Å². The Hall–Kier alpha value is -1.26. The van der Waals surface area contributed by atoms with Crippen LogP contribution in [0, 0.1) is 0 Å². The summed E-state index contributed by atoms with van der Waals surface area (Å²) >= 11 is 7.41. The minimum absolute atomic E-state index is 0.195. The highest BCUT2D eigenvalue weighted by Crippen LogP contribution is 2.21. The number of aryl methyl sites for hydroxylation is 1. The number of hydrogen-bond donors (Lipinski definition) is 0. The summed E-state index contributed by atoms with van der Waals surface area (Å²) < 4.78 is 1.83. The van der Waals surface area contributed by atoms with Crippen LogP contribution in [0.1, 0.15) is 12.5 Å². The highest BCUT2D eigenvalue weighted by atomic mass is 35.5. The van der Waals surface area contributed by atoms with Crippen molar-refractivity contribution in [1.29, 1.82) is 0 Å². The Bertz CT molecular complexity index is 568. The van der Waals surface area contributed by atoms with E-state index in [4.69, 9.17) is 11.6 Å². The number of nitrogens with zero attached hydrogens (tertiary/aromatic N) is 2. The van der Waals surface area contributed by atoms with Crippen molar-refractivity contribution in [3.63, 3.8) is 0 Å². The van der Waals surface area contributed by atoms with E-state index < -0.39 is 0 Å². The van der Waals surface area contributed by atoms with E-state index in [9.17, 15) is 4.79 Å². The fourth-order valence-electron chi connectivity index (χ4n) is 1.67. The lowest BCUT2D eigenvalue weighted by atomic mass is 10.2. The smallest absolute Gasteiger partial charge is 0.147 e. The second kappa shape index (κ2) is 6.78. The average Bonchev–Trinajstić information content (AvgIpc) is 2.84. The first kappa shape index (κ1) is 14.2. The molecular weight excluding hydrogens is 280 g/mol. The fourth-order valence-corrected chi connectivity index (χ4v) is 2.74. The van der Waals surface area contributed by atoms with E-state index in [1.54, 1.807) is 6.20 Å². The van der Waals surface area contributed by atoms with Crippen LogP contribution in [0.2, 0.25) is 5.02 Å². The Balaban J connectivity index is 1.84. The van der Waals surface area contributed by atoms with Crippen LogP contribution in [0.15, 0.2) is 41.6 Å². The maximum Gasteiger partial charge on any atom is 0.147 e. The molecule has 0 saturated heterocycles. The second-order valence-corrected chi connectivity index (χ2v) is 5.65. The highest BCUT2D eigenvalue weighted by Gasteiger charge is 2.07. The summed E-state index contributed by atoms with van der Waals surface area (Å²) in [6.07, 6.45) is 4.11. The van der Waals surface area contributed by atoms with Crippen LogP contribution < -0.4 is 0 Å². The third-order valence-electron chi connectivity index (χ3n) is 2.61. The molecule has 0 fully saturated rings. The molecule has 19 heavy (non-hydrogen) atoms. The van der Waals surface area contributed by atoms with Crippen molar-refractivity contribution >= 4 is 29.1 Å². The quantitative estimate of drug-likeness (QED) is 0.765. The second-order valence-electron chi connectivity index (χ2n) is 4.17. The van der Waals surface area contributed by atoms with Crippen molar-refractivity contribution in [2.24, 2.45) is 0 Å². The number of carbonyl (C=O) groups is 1. The van der Waals surface area contributed by atoms with Crippen LogP contribution in [0.4, 0.5) is 0 Å². The molecule has 0 aliphatic rings. The number of benzene rings is 1. The van der Waals surface area contributed by atoms with Crippen LogP contribution in [0.5, 0.6) is 0 Å². The number of Topliss-reactive ketones (excluding diaryl/α,β-unsaturated/α-hetero) is 1. The topological polar surface area (TPSA) is 34.9 Å². The van der Waals surface area contributed by atoms with Gasteiger partial charge in [-0.25, -0.2) is 0 Å². The van der Waals surface area contributed by atoms with E-state index in [0.29, 0.717) is 17.2 Å². The number of carbonyl (C=O) groups excluding carboxylic acids is 1. The molecule has 0 saturated carbocycles. The van der Waals surface area contributed by atoms with Gasteiger partial charge in [0.15, 0.2) is 0 Å². The fraction of sp³-hybridized carbons (Fsp3) is 0.286. The number of aromatic nitrogens is 2. The largest absolute Gasteiger partial charge is 0.298 e. The van der Waals surface area contributed by atoms with Crippen LogP contribution >= 0.6 is 23.4 Å². The molecule has 3 nitrogen and oxygen atoms in total. The summed E-state index contributed by atoms with van der Waals surface area (Å²) in [6, 6.07) is 7.54. The molecule has 0 radical (unpaired) electrons. The highest BCUT2D eigenvalue weighted by molar-refractivity contribution is 8.00. The molecule has 0 N–H and O–H groups in total. The van der Waals surface area contributed by atoms with Crippen LogP contribution in [0.3, 0.4) is 0 Å². The number of thioether (sulfide) groups is 1. The lowest BCUT2D eigenvalue weighted by molar-refractivity contribution is -0.116. The molecule has 2 rings (SSSR count). The average molecular weight is 295 g/mol. The summed E-state index contributed by atoms with van der Waals surface area (Å²) in [5.41, 5.74) is 0.971. The van der Waals surface area contributed by atoms with E-state index >= 15 is 0 Å². The molecule has 1 heterocycles. The summed E-state index contributed by atoms with van der Waals surface area (Å²) in [4.78, 5) is 12.9. The van der Waals surface area contributed by atoms with Crippen LogP contribution in [-0.2, 0) is 17.8 Å². The number of ketones is 1. The lowest BCUT2D eigenvalue weighted by Crippen LogP contribution is -2.05. The molecule has 5 heteroatoms. The van der Waals surface area contributed by atoms with E-state index in [2.05, 4.69) is 5.10 Å². The van der Waals surface area contributed by atoms with Gasteiger partial charge in [-0.1, -0.05) is 17.7 Å². The molecule has 0 amide bonds. The van der Waals surface area contributed by atoms with E-state index in [0.717, 1.165) is 17.0 Å². The maximum atomic E-state index is 11.9. The molecule has 0 unspecified atom stereocenters. The third-order valence-corrected chi connectivity index (χ3v) is 3.90. The molecule has 100 valence electrons. The molecule has 0 aliphatic heterocycles. The van der Waals surface area contributed by atoms with Gasteiger partial charge in [-0.3, -0.25) is 9.48 Å². The Labute approximate surface area is 122 Å².